The third kappa shape index (κ3) is 20.9. The van der Waals surface area contributed by atoms with Gasteiger partial charge in [-0.3, -0.25) is 15.0 Å². The van der Waals surface area contributed by atoms with Crippen LogP contribution >= 0.6 is 0 Å². The zero-order valence-corrected chi connectivity index (χ0v) is 66.1. The van der Waals surface area contributed by atoms with Gasteiger partial charge in [-0.05, 0) is 248 Å². The molecule has 5 heteroatoms. The minimum absolute atomic E-state index is 0.0634. The van der Waals surface area contributed by atoms with Gasteiger partial charge in [0.2, 0.25) is 0 Å². The number of nitrogens with zero attached hydrogens (tertiary/aromatic N) is 3. The van der Waals surface area contributed by atoms with Gasteiger partial charge in [0.1, 0.15) is 22.3 Å². The molecule has 5 aromatic heterocycles. The average molecular weight is 1420 g/mol. The summed E-state index contributed by atoms with van der Waals surface area (Å²) in [5.74, 6) is 0. The normalized spacial score (nSPS) is 11.0. The topological polar surface area (TPSA) is 65.0 Å². The first kappa shape index (κ1) is 72.9. The lowest BCUT2D eigenvalue weighted by Gasteiger charge is -2.12. The summed E-state index contributed by atoms with van der Waals surface area (Å²) in [6.45, 7) is 36.6. The molecular formula is C103H103N3O2. The predicted molar refractivity (Wildman–Crippen MR) is 467 cm³/mol. The Balaban J connectivity index is 0.000000135. The van der Waals surface area contributed by atoms with Crippen molar-refractivity contribution in [2.75, 3.05) is 0 Å². The van der Waals surface area contributed by atoms with Crippen LogP contribution in [0.25, 0.3) is 98.1 Å². The Morgan fingerprint density at radius 2 is 0.694 bits per heavy atom. The van der Waals surface area contributed by atoms with Crippen molar-refractivity contribution < 1.29 is 14.3 Å². The van der Waals surface area contributed by atoms with E-state index < -0.39 is 0 Å². The van der Waals surface area contributed by atoms with Crippen LogP contribution in [0.4, 0.5) is 0 Å². The molecule has 0 atom stereocenters. The van der Waals surface area contributed by atoms with E-state index in [1.165, 1.54) is 143 Å². The van der Waals surface area contributed by atoms with Gasteiger partial charge in [0.25, 0.3) is 0 Å². The molecule has 0 aliphatic carbocycles. The Kier molecular flexibility index (Phi) is 25.2. The van der Waals surface area contributed by atoms with E-state index in [4.69, 9.17) is 14.3 Å². The summed E-state index contributed by atoms with van der Waals surface area (Å²) in [7, 11) is 0. The summed E-state index contributed by atoms with van der Waals surface area (Å²) < 4.78 is 41.4. The molecule has 0 aliphatic rings. The predicted octanol–water partition coefficient (Wildman–Crippen LogP) is 29.0. The molecule has 0 saturated carbocycles. The lowest BCUT2D eigenvalue weighted by atomic mass is 9.96. The van der Waals surface area contributed by atoms with Crippen molar-refractivity contribution in [3.8, 4) is 11.1 Å². The van der Waals surface area contributed by atoms with E-state index in [-0.39, 0.29) is 24.2 Å². The number of aromatic nitrogens is 3. The van der Waals surface area contributed by atoms with Crippen LogP contribution in [0.15, 0.2) is 306 Å². The number of fused-ring (bicyclic) bond motifs is 11. The van der Waals surface area contributed by atoms with Crippen molar-refractivity contribution in [1.82, 2.24) is 15.0 Å². The second-order valence-electron chi connectivity index (χ2n) is 28.2. The third-order valence-corrected chi connectivity index (χ3v) is 18.8. The van der Waals surface area contributed by atoms with Gasteiger partial charge in [-0.25, -0.2) is 0 Å². The van der Waals surface area contributed by atoms with Crippen LogP contribution in [0.5, 0.6) is 0 Å². The van der Waals surface area contributed by atoms with Crippen LogP contribution in [0, 0.1) is 125 Å². The lowest BCUT2D eigenvalue weighted by molar-refractivity contribution is 0.665. The smallest absolute Gasteiger partial charge is 0.138 e. The van der Waals surface area contributed by atoms with Crippen molar-refractivity contribution in [3.05, 3.63) is 398 Å². The molecule has 0 bridgehead atoms. The van der Waals surface area contributed by atoms with Gasteiger partial charge >= 0.3 is 0 Å². The van der Waals surface area contributed by atoms with Gasteiger partial charge in [-0.15, -0.1) is 0 Å². The molecular weight excluding hydrogens is 1310 g/mol. The maximum Gasteiger partial charge on any atom is 0.138 e. The van der Waals surface area contributed by atoms with E-state index in [0.717, 1.165) is 45.1 Å². The van der Waals surface area contributed by atoms with E-state index in [9.17, 15) is 0 Å². The first-order valence-electron chi connectivity index (χ1n) is 39.0. The molecule has 18 rings (SSSR count). The maximum atomic E-state index is 7.43. The summed E-state index contributed by atoms with van der Waals surface area (Å²) in [4.78, 5) is 12.8. The fourth-order valence-electron chi connectivity index (χ4n) is 13.2. The Labute approximate surface area is 646 Å². The first-order valence-corrected chi connectivity index (χ1v) is 37.0. The number of hydrogen-bond donors (Lipinski definition) is 0. The number of rotatable bonds is 1. The number of pyridine rings is 3. The van der Waals surface area contributed by atoms with Crippen LogP contribution in [0.1, 0.15) is 106 Å². The molecule has 0 amide bonds. The van der Waals surface area contributed by atoms with E-state index >= 15 is 0 Å². The molecule has 0 unspecified atom stereocenters. The van der Waals surface area contributed by atoms with Gasteiger partial charge in [0.05, 0.1) is 5.48 Å². The Hall–Kier alpha value is -12.1. The molecule has 5 nitrogen and oxygen atoms in total. The Morgan fingerprint density at radius 3 is 1.27 bits per heavy atom. The number of furan rings is 2. The van der Waals surface area contributed by atoms with Gasteiger partial charge in [-0.1, -0.05) is 283 Å². The molecule has 0 radical (unpaired) electrons. The van der Waals surface area contributed by atoms with Crippen molar-refractivity contribution in [1.29, 1.82) is 0 Å². The number of para-hydroxylation sites is 2. The molecule has 0 aliphatic heterocycles. The van der Waals surface area contributed by atoms with Crippen molar-refractivity contribution in [2.45, 2.75) is 125 Å². The minimum Gasteiger partial charge on any atom is -0.456 e. The van der Waals surface area contributed by atoms with Gasteiger partial charge < -0.3 is 8.83 Å². The largest absolute Gasteiger partial charge is 0.456 e. The van der Waals surface area contributed by atoms with Crippen LogP contribution in [0.3, 0.4) is 0 Å². The highest BCUT2D eigenvalue weighted by Crippen LogP contribution is 2.35. The lowest BCUT2D eigenvalue weighted by Crippen LogP contribution is -1.93. The molecule has 0 fully saturated rings. The molecule has 13 aromatic carbocycles. The molecule has 542 valence electrons. The van der Waals surface area contributed by atoms with Crippen molar-refractivity contribution in [3.63, 3.8) is 0 Å². The minimum atomic E-state index is 0.0634. The second-order valence-corrected chi connectivity index (χ2v) is 28.2. The fourth-order valence-corrected chi connectivity index (χ4v) is 13.2. The van der Waals surface area contributed by atoms with Gasteiger partial charge in [-0.2, -0.15) is 0 Å². The van der Waals surface area contributed by atoms with Gasteiger partial charge in [0, 0.05) is 67.7 Å². The van der Waals surface area contributed by atoms with E-state index in [1.807, 2.05) is 70.4 Å². The highest BCUT2D eigenvalue weighted by molar-refractivity contribution is 6.10. The maximum absolute atomic E-state index is 7.43. The van der Waals surface area contributed by atoms with E-state index in [0.29, 0.717) is 11.1 Å². The molecule has 18 aromatic rings. The quantitative estimate of drug-likeness (QED) is 0.153. The molecule has 0 spiro atoms. The second kappa shape index (κ2) is 37.3. The highest BCUT2D eigenvalue weighted by atomic mass is 16.3. The monoisotopic (exact) mass is 1420 g/mol. The Bertz CT molecular complexity index is 6100. The van der Waals surface area contributed by atoms with Crippen LogP contribution in [-0.4, -0.2) is 15.0 Å². The van der Waals surface area contributed by atoms with Crippen LogP contribution < -0.4 is 0 Å². The fraction of sp³-hybridized carbons (Fsp3) is 0.175. The van der Waals surface area contributed by atoms with Crippen LogP contribution in [-0.2, 0) is 0 Å². The molecule has 108 heavy (non-hydrogen) atoms. The molecule has 5 heterocycles. The summed E-state index contributed by atoms with van der Waals surface area (Å²) in [6, 6.07) is 91.4. The van der Waals surface area contributed by atoms with Crippen LogP contribution in [0.2, 0.25) is 0 Å². The first-order chi connectivity index (χ1) is 53.6. The molecule has 0 N–H and O–H groups in total. The van der Waals surface area contributed by atoms with Crippen molar-refractivity contribution in [2.24, 2.45) is 0 Å². The summed E-state index contributed by atoms with van der Waals surface area (Å²) >= 11 is 0. The summed E-state index contributed by atoms with van der Waals surface area (Å²) in [5.41, 5.74) is 27.1. The number of aryl methyl sites for hydroxylation is 16. The van der Waals surface area contributed by atoms with E-state index in [1.54, 1.807) is 13.8 Å². The summed E-state index contributed by atoms with van der Waals surface area (Å²) in [6.07, 6.45) is 3.71. The van der Waals surface area contributed by atoms with Crippen molar-refractivity contribution >= 4 is 87.0 Å². The van der Waals surface area contributed by atoms with Gasteiger partial charge in [0.15, 0.2) is 0 Å². The zero-order chi connectivity index (χ0) is 80.4. The Morgan fingerprint density at radius 1 is 0.241 bits per heavy atom. The average Bonchev–Trinajstić information content (AvgIpc) is 1.50. The number of benzene rings is 13. The zero-order valence-electron chi connectivity index (χ0n) is 70.1. The summed E-state index contributed by atoms with van der Waals surface area (Å²) in [5, 5.41) is 15.5. The SMILES string of the molecule is Cc1cc(C)c2ccccc2c1.Cc1ccc2c(c1)oc1c(C)cccc12.Cc1ccc2cc(C)c3ccccc3c2c1.Cc1ccc2oc3c(C)cccc3c2c1.Cc1cccc(C)n1.Cc1ccccc1C.Cc1cncc(C)c1.Cc1nc(C)c2ccccc2c1-c1ccccc1.[2H]c1c([2H])c(C)c([2H])c([2H])c1C. The van der Waals surface area contributed by atoms with E-state index in [2.05, 4.69) is 329 Å². The molecule has 0 saturated heterocycles. The number of hydrogen-bond acceptors (Lipinski definition) is 5. The standard InChI is InChI=1S/C17H15N.C16H14.2C14H12O.C12H12.2C8H10.2C7H9N/c1-12-15-10-6-7-11-16(15)17(13(2)18-12)14-8-4-3-5-9-14;1-11-7-8-13-10-12(2)14-5-3-4-6-15(14)16(13)9-11;1-9-6-7-11-12-5-3-4-10(2)14(12)15-13(11)8-9;1-9-6-7-13-12(8-9)11-5-3-4-10(2)14(11)15-13;1-9-7-10(2)12-6-4-3-5-11(12)8-9;1-7-3-5-8(2)6-4-7;1-7-5-3-4-6-8(7)2;1-6-3-7(2)5-8-4-6;1-6-4-3-5-7(2)8-6/h3-11H,1-2H3;3-10H,1-2H3;2*3-8H,1-2H3;3-8H,1-2H3;2*3-6H,1-2H3;2*3-5H,1-2H3/i;;;;;3D,4D,5D,6D;;;. The third-order valence-electron chi connectivity index (χ3n) is 18.8. The highest BCUT2D eigenvalue weighted by Gasteiger charge is 2.12.